The molecule has 3 aromatic carbocycles. The third-order valence-corrected chi connectivity index (χ3v) is 15.1. The number of carbonyl (C=O) groups excluding carboxylic acids is 2. The third kappa shape index (κ3) is 10.4. The van der Waals surface area contributed by atoms with Crippen molar-refractivity contribution >= 4 is 61.9 Å². The molecule has 3 fully saturated rings. The van der Waals surface area contributed by atoms with Gasteiger partial charge in [-0.3, -0.25) is 24.5 Å². The number of benzene rings is 3. The van der Waals surface area contributed by atoms with Gasteiger partial charge in [-0.05, 0) is 85.7 Å². The highest BCUT2D eigenvalue weighted by Crippen LogP contribution is 2.42. The number of nitrogens with zero attached hydrogens (tertiary/aromatic N) is 6. The summed E-state index contributed by atoms with van der Waals surface area (Å²) in [7, 11) is -3.74. The Bertz CT molecular complexity index is 2600. The predicted molar refractivity (Wildman–Crippen MR) is 250 cm³/mol. The van der Waals surface area contributed by atoms with Gasteiger partial charge in [-0.25, -0.2) is 32.2 Å². The molecule has 8 rings (SSSR count). The number of carbonyl (C=O) groups is 2. The van der Waals surface area contributed by atoms with Crippen molar-refractivity contribution < 1.29 is 26.8 Å². The Hall–Kier alpha value is -5.52. The lowest BCUT2D eigenvalue weighted by Crippen LogP contribution is -2.49. The average molecular weight is 912 g/mol. The lowest BCUT2D eigenvalue weighted by atomic mass is 9.90. The summed E-state index contributed by atoms with van der Waals surface area (Å²) in [6.07, 6.45) is 5.06. The molecule has 5 heterocycles. The molecular weight excluding hydrogens is 857 g/mol. The van der Waals surface area contributed by atoms with E-state index in [1.54, 1.807) is 37.4 Å². The normalized spacial score (nSPS) is 18.0. The molecule has 5 aromatic rings. The topological polar surface area (TPSA) is 153 Å². The zero-order valence-electron chi connectivity index (χ0n) is 36.7. The van der Waals surface area contributed by atoms with E-state index in [2.05, 4.69) is 47.2 Å². The van der Waals surface area contributed by atoms with E-state index in [0.29, 0.717) is 52.8 Å². The summed E-state index contributed by atoms with van der Waals surface area (Å²) < 4.78 is 59.3. The zero-order valence-corrected chi connectivity index (χ0v) is 38.3. The van der Waals surface area contributed by atoms with Crippen LogP contribution in [0.1, 0.15) is 76.3 Å². The summed E-state index contributed by atoms with van der Waals surface area (Å²) in [5, 5.41) is 6.34. The minimum Gasteiger partial charge on any atom is -0.372 e. The van der Waals surface area contributed by atoms with Gasteiger partial charge >= 0.3 is 0 Å². The Morgan fingerprint density at radius 3 is 2.33 bits per heavy atom. The first kappa shape index (κ1) is 45.1. The van der Waals surface area contributed by atoms with E-state index in [1.807, 2.05) is 39.0 Å². The molecule has 17 heteroatoms. The molecule has 338 valence electrons. The number of piperazine rings is 1. The standard InChI is InChI=1S/C47H55F2N9O4S2/c1-5-27-64(61,62)55-37-8-6-7-35(41(37)49)42-43(63-45(54-42)47(2,3)4)38-17-20-50-46(52-38)51-32-11-15-39(36(48)28-32)58-25-23-56(24-26-58)29-30-18-21-57(22-19-30)33-12-9-31(10-13-33)34-14-16-40(59)53-44(34)60/h6-13,15,17,20,28,30,34,55H,5,14,16,18-19,21-27,29H2,1-4H3,(H,50,51,52)(H,53,59,60)/t34-/m0/s1. The number of rotatable bonds is 13. The van der Waals surface area contributed by atoms with Crippen LogP contribution in [-0.4, -0.2) is 91.7 Å². The molecule has 0 saturated carbocycles. The maximum atomic E-state index is 16.1. The van der Waals surface area contributed by atoms with E-state index in [0.717, 1.165) is 74.9 Å². The lowest BCUT2D eigenvalue weighted by molar-refractivity contribution is -0.134. The van der Waals surface area contributed by atoms with Gasteiger partial charge in [0.05, 0.1) is 44.3 Å². The van der Waals surface area contributed by atoms with Crippen LogP contribution in [0.2, 0.25) is 0 Å². The Balaban J connectivity index is 0.869. The number of aromatic nitrogens is 3. The van der Waals surface area contributed by atoms with Gasteiger partial charge in [-0.2, -0.15) is 0 Å². The van der Waals surface area contributed by atoms with Gasteiger partial charge in [0.2, 0.25) is 27.8 Å². The van der Waals surface area contributed by atoms with Crippen LogP contribution in [0.3, 0.4) is 0 Å². The van der Waals surface area contributed by atoms with Crippen LogP contribution in [0.15, 0.2) is 72.9 Å². The molecule has 1 atom stereocenters. The van der Waals surface area contributed by atoms with Gasteiger partial charge in [0.15, 0.2) is 5.82 Å². The van der Waals surface area contributed by atoms with Gasteiger partial charge in [0.1, 0.15) is 5.82 Å². The van der Waals surface area contributed by atoms with Gasteiger partial charge < -0.3 is 15.1 Å². The van der Waals surface area contributed by atoms with Crippen molar-refractivity contribution in [2.75, 3.05) is 71.4 Å². The van der Waals surface area contributed by atoms with Crippen molar-refractivity contribution in [1.29, 1.82) is 0 Å². The molecule has 2 aromatic heterocycles. The predicted octanol–water partition coefficient (Wildman–Crippen LogP) is 8.30. The molecular formula is C47H55F2N9O4S2. The van der Waals surface area contributed by atoms with E-state index >= 15 is 8.78 Å². The van der Waals surface area contributed by atoms with Crippen molar-refractivity contribution in [3.8, 4) is 21.8 Å². The van der Waals surface area contributed by atoms with Gasteiger partial charge in [-0.15, -0.1) is 11.3 Å². The average Bonchev–Trinajstić information content (AvgIpc) is 3.72. The van der Waals surface area contributed by atoms with Crippen LogP contribution >= 0.6 is 11.3 Å². The van der Waals surface area contributed by atoms with Gasteiger partial charge in [0.25, 0.3) is 0 Å². The first-order chi connectivity index (χ1) is 30.6. The number of imide groups is 1. The smallest absolute Gasteiger partial charge is 0.234 e. The fourth-order valence-electron chi connectivity index (χ4n) is 8.63. The summed E-state index contributed by atoms with van der Waals surface area (Å²) in [6.45, 7) is 13.9. The monoisotopic (exact) mass is 911 g/mol. The fraction of sp³-hybridized carbons (Fsp3) is 0.426. The number of amides is 2. The number of thiazole rings is 1. The zero-order chi connectivity index (χ0) is 45.2. The summed E-state index contributed by atoms with van der Waals surface area (Å²) in [6, 6.07) is 19.5. The quantitative estimate of drug-likeness (QED) is 0.0979. The van der Waals surface area contributed by atoms with Gasteiger partial charge in [0, 0.05) is 80.8 Å². The first-order valence-electron chi connectivity index (χ1n) is 22.0. The van der Waals surface area contributed by atoms with Crippen molar-refractivity contribution in [2.24, 2.45) is 5.92 Å². The maximum Gasteiger partial charge on any atom is 0.234 e. The van der Waals surface area contributed by atoms with Crippen LogP contribution in [0.25, 0.3) is 21.8 Å². The highest BCUT2D eigenvalue weighted by Gasteiger charge is 2.30. The molecule has 3 aliphatic rings. The van der Waals surface area contributed by atoms with Crippen LogP contribution in [-0.2, 0) is 25.0 Å². The largest absolute Gasteiger partial charge is 0.372 e. The minimum absolute atomic E-state index is 0.133. The van der Waals surface area contributed by atoms with Crippen LogP contribution < -0.4 is 25.2 Å². The molecule has 64 heavy (non-hydrogen) atoms. The summed E-state index contributed by atoms with van der Waals surface area (Å²) in [4.78, 5) is 45.4. The fourth-order valence-corrected chi connectivity index (χ4v) is 10.9. The number of sulfonamides is 1. The minimum atomic E-state index is -3.74. The van der Waals surface area contributed by atoms with Crippen LogP contribution in [0.5, 0.6) is 0 Å². The van der Waals surface area contributed by atoms with Crippen LogP contribution in [0.4, 0.5) is 37.5 Å². The summed E-state index contributed by atoms with van der Waals surface area (Å²) in [5.74, 6) is -1.09. The summed E-state index contributed by atoms with van der Waals surface area (Å²) >= 11 is 1.38. The van der Waals surface area contributed by atoms with E-state index < -0.39 is 15.8 Å². The molecule has 13 nitrogen and oxygen atoms in total. The molecule has 0 radical (unpaired) electrons. The number of hydrogen-bond donors (Lipinski definition) is 3. The molecule has 0 spiro atoms. The first-order valence-corrected chi connectivity index (χ1v) is 24.5. The van der Waals surface area contributed by atoms with Gasteiger partial charge in [-0.1, -0.05) is 45.9 Å². The maximum absolute atomic E-state index is 16.1. The van der Waals surface area contributed by atoms with E-state index in [9.17, 15) is 18.0 Å². The second-order valence-corrected chi connectivity index (χ2v) is 20.7. The molecule has 0 unspecified atom stereocenters. The number of hydrogen-bond acceptors (Lipinski definition) is 12. The van der Waals surface area contributed by atoms with E-state index in [1.165, 1.54) is 23.5 Å². The third-order valence-electron chi connectivity index (χ3n) is 12.1. The van der Waals surface area contributed by atoms with Crippen LogP contribution in [0, 0.1) is 17.6 Å². The van der Waals surface area contributed by atoms with Crippen molar-refractivity contribution in [2.45, 2.75) is 71.1 Å². The Morgan fingerprint density at radius 2 is 1.64 bits per heavy atom. The number of anilines is 5. The number of piperidine rings is 2. The second-order valence-electron chi connectivity index (χ2n) is 17.9. The summed E-state index contributed by atoms with van der Waals surface area (Å²) in [5.41, 5.74) is 3.56. The Labute approximate surface area is 377 Å². The number of halogens is 2. The molecule has 3 N–H and O–H groups in total. The van der Waals surface area contributed by atoms with Crippen molar-refractivity contribution in [3.63, 3.8) is 0 Å². The van der Waals surface area contributed by atoms with Crippen molar-refractivity contribution in [1.82, 2.24) is 25.2 Å². The SMILES string of the molecule is CCCS(=O)(=O)Nc1cccc(-c2nc(C(C)(C)C)sc2-c2ccnc(Nc3ccc(N4CCN(CC5CCN(c6ccc([C@@H]7CCC(=O)NC7=O)cc6)CC5)CC4)c(F)c3)n2)c1F. The highest BCUT2D eigenvalue weighted by atomic mass is 32.2. The molecule has 0 bridgehead atoms. The molecule has 3 saturated heterocycles. The lowest BCUT2D eigenvalue weighted by Gasteiger charge is -2.40. The second kappa shape index (κ2) is 18.9. The number of nitrogens with one attached hydrogen (secondary N) is 3. The van der Waals surface area contributed by atoms with Crippen molar-refractivity contribution in [3.05, 3.63) is 95.1 Å². The molecule has 3 aliphatic heterocycles. The van der Waals surface area contributed by atoms with E-state index in [-0.39, 0.29) is 51.9 Å². The van der Waals surface area contributed by atoms with E-state index in [4.69, 9.17) is 9.97 Å². The molecule has 0 aliphatic carbocycles. The highest BCUT2D eigenvalue weighted by molar-refractivity contribution is 7.92. The Kier molecular flexibility index (Phi) is 13.3. The Morgan fingerprint density at radius 1 is 0.891 bits per heavy atom. The molecule has 2 amide bonds.